The number of hydrogen-bond acceptors (Lipinski definition) is 3. The van der Waals surface area contributed by atoms with Crippen LogP contribution in [0.1, 0.15) is 36.7 Å². The number of carbonyl (C=O) groups is 1. The standard InChI is InChI=1S/C15H23NO2/c1-4-13-6-8-14(9-7-13)15(18)12(3)16(5-2)10-11-17/h6-9,12,17H,4-5,10-11H2,1-3H3. The molecule has 0 amide bonds. The summed E-state index contributed by atoms with van der Waals surface area (Å²) < 4.78 is 0. The fourth-order valence-corrected chi connectivity index (χ4v) is 2.07. The van der Waals surface area contributed by atoms with Gasteiger partial charge >= 0.3 is 0 Å². The van der Waals surface area contributed by atoms with Crippen LogP contribution in [0.3, 0.4) is 0 Å². The number of aliphatic hydroxyl groups excluding tert-OH is 1. The first-order valence-corrected chi connectivity index (χ1v) is 6.62. The third kappa shape index (κ3) is 3.65. The molecular weight excluding hydrogens is 226 g/mol. The minimum atomic E-state index is -0.186. The highest BCUT2D eigenvalue weighted by Gasteiger charge is 2.20. The summed E-state index contributed by atoms with van der Waals surface area (Å²) in [5.41, 5.74) is 1.98. The molecule has 1 N–H and O–H groups in total. The molecule has 0 radical (unpaired) electrons. The maximum atomic E-state index is 12.3. The van der Waals surface area contributed by atoms with Crippen molar-refractivity contribution >= 4 is 5.78 Å². The number of hydrogen-bond donors (Lipinski definition) is 1. The Balaban J connectivity index is 2.78. The highest BCUT2D eigenvalue weighted by atomic mass is 16.3. The molecule has 0 aromatic heterocycles. The summed E-state index contributed by atoms with van der Waals surface area (Å²) in [5, 5.41) is 8.98. The van der Waals surface area contributed by atoms with E-state index in [0.717, 1.165) is 18.5 Å². The molecule has 18 heavy (non-hydrogen) atoms. The van der Waals surface area contributed by atoms with Crippen molar-refractivity contribution in [3.05, 3.63) is 35.4 Å². The van der Waals surface area contributed by atoms with E-state index < -0.39 is 0 Å². The van der Waals surface area contributed by atoms with Crippen LogP contribution < -0.4 is 0 Å². The summed E-state index contributed by atoms with van der Waals surface area (Å²) in [5.74, 6) is 0.118. The van der Waals surface area contributed by atoms with Crippen LogP contribution in [0.15, 0.2) is 24.3 Å². The van der Waals surface area contributed by atoms with Gasteiger partial charge in [0, 0.05) is 12.1 Å². The lowest BCUT2D eigenvalue weighted by molar-refractivity contribution is 0.0817. The molecule has 1 rings (SSSR count). The van der Waals surface area contributed by atoms with Crippen molar-refractivity contribution in [2.75, 3.05) is 19.7 Å². The van der Waals surface area contributed by atoms with Crippen molar-refractivity contribution in [3.8, 4) is 0 Å². The average Bonchev–Trinajstić information content (AvgIpc) is 2.43. The summed E-state index contributed by atoms with van der Waals surface area (Å²) in [6.07, 6.45) is 0.982. The molecule has 0 heterocycles. The van der Waals surface area contributed by atoms with Gasteiger partial charge in [-0.25, -0.2) is 0 Å². The minimum Gasteiger partial charge on any atom is -0.395 e. The Hall–Kier alpha value is -1.19. The zero-order valence-corrected chi connectivity index (χ0v) is 11.5. The van der Waals surface area contributed by atoms with Gasteiger partial charge in [-0.3, -0.25) is 9.69 Å². The first-order chi connectivity index (χ1) is 8.63. The Morgan fingerprint density at radius 1 is 1.28 bits per heavy atom. The molecule has 0 aliphatic heterocycles. The lowest BCUT2D eigenvalue weighted by atomic mass is 10.0. The van der Waals surface area contributed by atoms with Crippen molar-refractivity contribution in [3.63, 3.8) is 0 Å². The molecule has 100 valence electrons. The Kier molecular flexibility index (Phi) is 6.02. The molecule has 1 unspecified atom stereocenters. The highest BCUT2D eigenvalue weighted by molar-refractivity contribution is 5.99. The van der Waals surface area contributed by atoms with Crippen LogP contribution in [-0.4, -0.2) is 41.5 Å². The molecule has 0 saturated carbocycles. The zero-order chi connectivity index (χ0) is 13.5. The molecule has 0 spiro atoms. The number of rotatable bonds is 7. The van der Waals surface area contributed by atoms with Gasteiger partial charge < -0.3 is 5.11 Å². The number of Topliss-reactive ketones (excluding diaryl/α,β-unsaturated/α-hetero) is 1. The van der Waals surface area contributed by atoms with E-state index in [1.807, 2.05) is 43.0 Å². The molecule has 0 saturated heterocycles. The summed E-state index contributed by atoms with van der Waals surface area (Å²) in [6.45, 7) is 7.38. The highest BCUT2D eigenvalue weighted by Crippen LogP contribution is 2.11. The predicted octanol–water partition coefficient (Wildman–Crippen LogP) is 2.13. The fraction of sp³-hybridized carbons (Fsp3) is 0.533. The van der Waals surface area contributed by atoms with Crippen molar-refractivity contribution in [2.45, 2.75) is 33.2 Å². The smallest absolute Gasteiger partial charge is 0.179 e. The minimum absolute atomic E-state index is 0.0836. The van der Waals surface area contributed by atoms with Gasteiger partial charge in [0.2, 0.25) is 0 Å². The quantitative estimate of drug-likeness (QED) is 0.753. The molecule has 3 heteroatoms. The topological polar surface area (TPSA) is 40.5 Å². The molecule has 3 nitrogen and oxygen atoms in total. The third-order valence-electron chi connectivity index (χ3n) is 3.37. The number of nitrogens with zero attached hydrogens (tertiary/aromatic N) is 1. The SMILES string of the molecule is CCc1ccc(C(=O)C(C)N(CC)CCO)cc1. The van der Waals surface area contributed by atoms with E-state index in [1.165, 1.54) is 5.56 Å². The Morgan fingerprint density at radius 3 is 2.33 bits per heavy atom. The molecule has 0 aliphatic rings. The second-order valence-electron chi connectivity index (χ2n) is 4.44. The largest absolute Gasteiger partial charge is 0.395 e. The van der Waals surface area contributed by atoms with E-state index in [2.05, 4.69) is 6.92 Å². The number of carbonyl (C=O) groups excluding carboxylic acids is 1. The Labute approximate surface area is 109 Å². The first kappa shape index (κ1) is 14.9. The van der Waals surface area contributed by atoms with Crippen LogP contribution in [0.4, 0.5) is 0 Å². The molecule has 0 fully saturated rings. The zero-order valence-electron chi connectivity index (χ0n) is 11.5. The van der Waals surface area contributed by atoms with Crippen LogP contribution in [0, 0.1) is 0 Å². The van der Waals surface area contributed by atoms with E-state index in [9.17, 15) is 4.79 Å². The van der Waals surface area contributed by atoms with E-state index in [1.54, 1.807) is 0 Å². The number of likely N-dealkylation sites (N-methyl/N-ethyl adjacent to an activating group) is 1. The summed E-state index contributed by atoms with van der Waals surface area (Å²) in [7, 11) is 0. The normalized spacial score (nSPS) is 12.7. The number of benzene rings is 1. The molecule has 0 bridgehead atoms. The summed E-state index contributed by atoms with van der Waals surface area (Å²) >= 11 is 0. The first-order valence-electron chi connectivity index (χ1n) is 6.62. The maximum Gasteiger partial charge on any atom is 0.179 e. The third-order valence-corrected chi connectivity index (χ3v) is 3.37. The molecule has 0 aliphatic carbocycles. The van der Waals surface area contributed by atoms with Crippen molar-refractivity contribution in [1.29, 1.82) is 0 Å². The van der Waals surface area contributed by atoms with Gasteiger partial charge in [0.25, 0.3) is 0 Å². The molecule has 1 aromatic carbocycles. The van der Waals surface area contributed by atoms with E-state index in [4.69, 9.17) is 5.11 Å². The van der Waals surface area contributed by atoms with Crippen molar-refractivity contribution in [2.24, 2.45) is 0 Å². The predicted molar refractivity (Wildman–Crippen MR) is 73.9 cm³/mol. The van der Waals surface area contributed by atoms with Gasteiger partial charge in [-0.2, -0.15) is 0 Å². The average molecular weight is 249 g/mol. The van der Waals surface area contributed by atoms with Crippen LogP contribution in [0.5, 0.6) is 0 Å². The van der Waals surface area contributed by atoms with Crippen LogP contribution >= 0.6 is 0 Å². The molecular formula is C15H23NO2. The van der Waals surface area contributed by atoms with Crippen LogP contribution in [-0.2, 0) is 6.42 Å². The van der Waals surface area contributed by atoms with Gasteiger partial charge in [0.1, 0.15) is 0 Å². The second kappa shape index (κ2) is 7.29. The Morgan fingerprint density at radius 2 is 1.89 bits per heavy atom. The summed E-state index contributed by atoms with van der Waals surface area (Å²) in [4.78, 5) is 14.3. The Bertz CT molecular complexity index is 373. The van der Waals surface area contributed by atoms with Crippen molar-refractivity contribution < 1.29 is 9.90 Å². The van der Waals surface area contributed by atoms with Gasteiger partial charge in [0.05, 0.1) is 12.6 Å². The van der Waals surface area contributed by atoms with E-state index >= 15 is 0 Å². The van der Waals surface area contributed by atoms with E-state index in [-0.39, 0.29) is 18.4 Å². The maximum absolute atomic E-state index is 12.3. The monoisotopic (exact) mass is 249 g/mol. The lowest BCUT2D eigenvalue weighted by Gasteiger charge is -2.25. The second-order valence-corrected chi connectivity index (χ2v) is 4.44. The van der Waals surface area contributed by atoms with E-state index in [0.29, 0.717) is 6.54 Å². The summed E-state index contributed by atoms with van der Waals surface area (Å²) in [6, 6.07) is 7.61. The number of aryl methyl sites for hydroxylation is 1. The van der Waals surface area contributed by atoms with Crippen LogP contribution in [0.25, 0.3) is 0 Å². The van der Waals surface area contributed by atoms with Crippen LogP contribution in [0.2, 0.25) is 0 Å². The van der Waals surface area contributed by atoms with Gasteiger partial charge in [-0.1, -0.05) is 38.1 Å². The van der Waals surface area contributed by atoms with Crippen molar-refractivity contribution in [1.82, 2.24) is 4.90 Å². The van der Waals surface area contributed by atoms with Gasteiger partial charge in [-0.15, -0.1) is 0 Å². The number of aliphatic hydroxyl groups is 1. The molecule has 1 aromatic rings. The number of ketones is 1. The van der Waals surface area contributed by atoms with Gasteiger partial charge in [0.15, 0.2) is 5.78 Å². The lowest BCUT2D eigenvalue weighted by Crippen LogP contribution is -2.40. The fourth-order valence-electron chi connectivity index (χ4n) is 2.07. The molecule has 1 atom stereocenters. The van der Waals surface area contributed by atoms with Gasteiger partial charge in [-0.05, 0) is 25.5 Å².